The van der Waals surface area contributed by atoms with E-state index >= 15 is 0 Å². The highest BCUT2D eigenvalue weighted by atomic mass is 79.9. The maximum atomic E-state index is 11.1. The van der Waals surface area contributed by atoms with Gasteiger partial charge in [-0.05, 0) is 22.0 Å². The lowest BCUT2D eigenvalue weighted by atomic mass is 10.2. The van der Waals surface area contributed by atoms with Gasteiger partial charge in [0.15, 0.2) is 5.82 Å². The average molecular weight is 282 g/mol. The molecule has 2 aromatic heterocycles. The molecule has 0 aliphatic heterocycles. The molecule has 0 aliphatic rings. The van der Waals surface area contributed by atoms with Crippen molar-refractivity contribution < 1.29 is 4.79 Å². The Morgan fingerprint density at radius 3 is 2.75 bits per heavy atom. The Balaban J connectivity index is 2.51. The van der Waals surface area contributed by atoms with Crippen molar-refractivity contribution in [2.75, 3.05) is 5.73 Å². The van der Waals surface area contributed by atoms with Gasteiger partial charge >= 0.3 is 0 Å². The fourth-order valence-corrected chi connectivity index (χ4v) is 1.51. The zero-order valence-corrected chi connectivity index (χ0v) is 9.68. The Kier molecular flexibility index (Phi) is 2.61. The number of carbonyl (C=O) groups is 1. The summed E-state index contributed by atoms with van der Waals surface area (Å²) in [5.41, 5.74) is 11.2. The Morgan fingerprint density at radius 2 is 2.19 bits per heavy atom. The fourth-order valence-electron chi connectivity index (χ4n) is 1.22. The van der Waals surface area contributed by atoms with Crippen LogP contribution < -0.4 is 11.5 Å². The summed E-state index contributed by atoms with van der Waals surface area (Å²) < 4.78 is 2.32. The van der Waals surface area contributed by atoms with E-state index in [0.29, 0.717) is 5.82 Å². The highest BCUT2D eigenvalue weighted by Gasteiger charge is 2.09. The molecule has 0 aromatic carbocycles. The molecule has 2 heterocycles. The monoisotopic (exact) mass is 281 g/mol. The molecule has 0 saturated carbocycles. The molecule has 0 aliphatic carbocycles. The van der Waals surface area contributed by atoms with Crippen LogP contribution in [0.25, 0.3) is 5.82 Å². The van der Waals surface area contributed by atoms with Crippen molar-refractivity contribution in [1.29, 1.82) is 0 Å². The highest BCUT2D eigenvalue weighted by molar-refractivity contribution is 9.10. The first kappa shape index (κ1) is 10.6. The van der Waals surface area contributed by atoms with E-state index in [1.54, 1.807) is 12.4 Å². The minimum Gasteiger partial charge on any atom is -0.397 e. The van der Waals surface area contributed by atoms with Gasteiger partial charge in [-0.2, -0.15) is 5.10 Å². The molecule has 1 amide bonds. The predicted octanol–water partition coefficient (Wildman–Crippen LogP) is 0.711. The summed E-state index contributed by atoms with van der Waals surface area (Å²) in [6.45, 7) is 0. The first-order valence-electron chi connectivity index (χ1n) is 4.34. The maximum absolute atomic E-state index is 11.1. The number of pyridine rings is 1. The average Bonchev–Trinajstić information content (AvgIpc) is 2.65. The predicted molar refractivity (Wildman–Crippen MR) is 62.0 cm³/mol. The quantitative estimate of drug-likeness (QED) is 0.847. The lowest BCUT2D eigenvalue weighted by Gasteiger charge is -2.04. The maximum Gasteiger partial charge on any atom is 0.250 e. The Labute approximate surface area is 99.4 Å². The number of nitrogen functional groups attached to an aromatic ring is 1. The fraction of sp³-hybridized carbons (Fsp3) is 0. The first-order chi connectivity index (χ1) is 7.58. The topological polar surface area (TPSA) is 99.8 Å². The lowest BCUT2D eigenvalue weighted by Crippen LogP contribution is -2.15. The van der Waals surface area contributed by atoms with Gasteiger partial charge in [-0.25, -0.2) is 9.67 Å². The molecule has 0 fully saturated rings. The second-order valence-electron chi connectivity index (χ2n) is 3.10. The molecular formula is C9H8BrN5O. The van der Waals surface area contributed by atoms with Crippen LogP contribution in [-0.2, 0) is 0 Å². The molecule has 0 radical (unpaired) electrons. The third kappa shape index (κ3) is 1.89. The summed E-state index contributed by atoms with van der Waals surface area (Å²) in [4.78, 5) is 15.1. The van der Waals surface area contributed by atoms with Crippen LogP contribution in [0.15, 0.2) is 29.1 Å². The van der Waals surface area contributed by atoms with Crippen LogP contribution in [0, 0.1) is 0 Å². The summed E-state index contributed by atoms with van der Waals surface area (Å²) >= 11 is 3.26. The number of rotatable bonds is 2. The van der Waals surface area contributed by atoms with Crippen molar-refractivity contribution in [2.45, 2.75) is 0 Å². The normalized spacial score (nSPS) is 10.3. The zero-order chi connectivity index (χ0) is 11.7. The number of aromatic nitrogens is 3. The molecule has 16 heavy (non-hydrogen) atoms. The molecule has 0 unspecified atom stereocenters. The van der Waals surface area contributed by atoms with Crippen molar-refractivity contribution >= 4 is 27.5 Å². The van der Waals surface area contributed by atoms with Crippen LogP contribution in [0.3, 0.4) is 0 Å². The van der Waals surface area contributed by atoms with Gasteiger partial charge < -0.3 is 11.5 Å². The molecule has 2 aromatic rings. The van der Waals surface area contributed by atoms with Crippen molar-refractivity contribution in [3.8, 4) is 5.82 Å². The van der Waals surface area contributed by atoms with Crippen molar-refractivity contribution in [1.82, 2.24) is 14.8 Å². The second kappa shape index (κ2) is 3.93. The molecule has 2 rings (SSSR count). The van der Waals surface area contributed by atoms with Crippen molar-refractivity contribution in [2.24, 2.45) is 5.73 Å². The van der Waals surface area contributed by atoms with Gasteiger partial charge in [-0.1, -0.05) is 0 Å². The number of primary amides is 1. The van der Waals surface area contributed by atoms with Gasteiger partial charge in [0.1, 0.15) is 0 Å². The number of nitrogens with zero attached hydrogens (tertiary/aromatic N) is 3. The molecule has 0 atom stereocenters. The van der Waals surface area contributed by atoms with E-state index in [2.05, 4.69) is 26.0 Å². The molecule has 7 heteroatoms. The number of carbonyl (C=O) groups excluding carboxylic acids is 1. The van der Waals surface area contributed by atoms with E-state index in [4.69, 9.17) is 11.5 Å². The van der Waals surface area contributed by atoms with Crippen LogP contribution >= 0.6 is 15.9 Å². The molecule has 6 nitrogen and oxygen atoms in total. The number of amides is 1. The van der Waals surface area contributed by atoms with E-state index < -0.39 is 5.91 Å². The van der Waals surface area contributed by atoms with E-state index in [1.807, 2.05) is 0 Å². The van der Waals surface area contributed by atoms with E-state index in [9.17, 15) is 4.79 Å². The van der Waals surface area contributed by atoms with E-state index in [0.717, 1.165) is 4.47 Å². The molecule has 0 spiro atoms. The van der Waals surface area contributed by atoms with E-state index in [1.165, 1.54) is 16.9 Å². The molecular weight excluding hydrogens is 274 g/mol. The number of hydrogen-bond donors (Lipinski definition) is 2. The van der Waals surface area contributed by atoms with Crippen molar-refractivity contribution in [3.63, 3.8) is 0 Å². The number of hydrogen-bond acceptors (Lipinski definition) is 4. The SMILES string of the molecule is NC(=O)c1cc(-n2cc(Br)cn2)ncc1N. The first-order valence-corrected chi connectivity index (χ1v) is 5.13. The number of anilines is 1. The Morgan fingerprint density at radius 1 is 1.44 bits per heavy atom. The summed E-state index contributed by atoms with van der Waals surface area (Å²) in [6, 6.07) is 1.50. The van der Waals surface area contributed by atoms with Crippen molar-refractivity contribution in [3.05, 3.63) is 34.7 Å². The van der Waals surface area contributed by atoms with Gasteiger partial charge in [0.05, 0.1) is 28.1 Å². The molecule has 82 valence electrons. The third-order valence-electron chi connectivity index (χ3n) is 1.97. The van der Waals surface area contributed by atoms with Gasteiger partial charge in [-0.3, -0.25) is 4.79 Å². The lowest BCUT2D eigenvalue weighted by molar-refractivity contribution is 0.100. The van der Waals surface area contributed by atoms with Crippen LogP contribution in [0.1, 0.15) is 10.4 Å². The molecule has 0 saturated heterocycles. The van der Waals surface area contributed by atoms with Gasteiger partial charge in [-0.15, -0.1) is 0 Å². The standard InChI is InChI=1S/C9H8BrN5O/c10-5-2-14-15(4-5)8-1-6(9(12)16)7(11)3-13-8/h1-4H,11H2,(H2,12,16). The van der Waals surface area contributed by atoms with Crippen LogP contribution in [0.5, 0.6) is 0 Å². The minimum atomic E-state index is -0.590. The number of halogens is 1. The van der Waals surface area contributed by atoms with Crippen LogP contribution in [-0.4, -0.2) is 20.7 Å². The Bertz CT molecular complexity index is 551. The third-order valence-corrected chi connectivity index (χ3v) is 2.38. The van der Waals surface area contributed by atoms with Gasteiger partial charge in [0.25, 0.3) is 5.91 Å². The number of nitrogens with two attached hydrogens (primary N) is 2. The second-order valence-corrected chi connectivity index (χ2v) is 4.01. The molecule has 0 bridgehead atoms. The van der Waals surface area contributed by atoms with Gasteiger partial charge in [0.2, 0.25) is 0 Å². The van der Waals surface area contributed by atoms with E-state index in [-0.39, 0.29) is 11.3 Å². The van der Waals surface area contributed by atoms with Crippen LogP contribution in [0.4, 0.5) is 5.69 Å². The molecule has 4 N–H and O–H groups in total. The Hall–Kier alpha value is -1.89. The summed E-state index contributed by atoms with van der Waals surface area (Å²) in [6.07, 6.45) is 4.70. The summed E-state index contributed by atoms with van der Waals surface area (Å²) in [7, 11) is 0. The van der Waals surface area contributed by atoms with Gasteiger partial charge in [0, 0.05) is 6.20 Å². The summed E-state index contributed by atoms with van der Waals surface area (Å²) in [5, 5.41) is 4.03. The smallest absolute Gasteiger partial charge is 0.250 e. The minimum absolute atomic E-state index is 0.233. The summed E-state index contributed by atoms with van der Waals surface area (Å²) in [5.74, 6) is -0.110. The largest absolute Gasteiger partial charge is 0.397 e. The highest BCUT2D eigenvalue weighted by Crippen LogP contribution is 2.15. The zero-order valence-electron chi connectivity index (χ0n) is 8.09. The van der Waals surface area contributed by atoms with Crippen LogP contribution in [0.2, 0.25) is 0 Å².